The van der Waals surface area contributed by atoms with Crippen molar-refractivity contribution in [1.29, 1.82) is 0 Å². The lowest BCUT2D eigenvalue weighted by molar-refractivity contribution is -0.302. The van der Waals surface area contributed by atoms with Crippen LogP contribution in [0.1, 0.15) is 361 Å². The van der Waals surface area contributed by atoms with E-state index in [4.69, 9.17) is 9.47 Å². The molecule has 6 N–H and O–H groups in total. The van der Waals surface area contributed by atoms with Crippen molar-refractivity contribution in [2.24, 2.45) is 0 Å². The van der Waals surface area contributed by atoms with Gasteiger partial charge in [-0.15, -0.1) is 0 Å². The van der Waals surface area contributed by atoms with E-state index in [2.05, 4.69) is 31.3 Å². The van der Waals surface area contributed by atoms with Crippen LogP contribution < -0.4 is 5.32 Å². The van der Waals surface area contributed by atoms with E-state index in [0.29, 0.717) is 12.8 Å². The average Bonchev–Trinajstić information content (AvgIpc) is 3.43. The van der Waals surface area contributed by atoms with Crippen molar-refractivity contribution in [3.8, 4) is 0 Å². The van der Waals surface area contributed by atoms with Gasteiger partial charge in [0.25, 0.3) is 0 Å². The summed E-state index contributed by atoms with van der Waals surface area (Å²) in [6.45, 7) is 3.89. The Labute approximate surface area is 477 Å². The van der Waals surface area contributed by atoms with Gasteiger partial charge in [0, 0.05) is 6.42 Å². The van der Waals surface area contributed by atoms with E-state index in [1.165, 1.54) is 295 Å². The summed E-state index contributed by atoms with van der Waals surface area (Å²) in [7, 11) is 0. The molecule has 0 spiro atoms. The molecule has 7 unspecified atom stereocenters. The van der Waals surface area contributed by atoms with Crippen molar-refractivity contribution >= 4 is 5.91 Å². The van der Waals surface area contributed by atoms with Gasteiger partial charge < -0.3 is 40.3 Å². The molecule has 0 saturated carbocycles. The van der Waals surface area contributed by atoms with Gasteiger partial charge in [0.2, 0.25) is 5.91 Å². The molecule has 0 aromatic carbocycles. The van der Waals surface area contributed by atoms with Crippen LogP contribution in [0.25, 0.3) is 0 Å². The normalized spacial score (nSPS) is 18.7. The molecule has 1 aliphatic rings. The van der Waals surface area contributed by atoms with Crippen molar-refractivity contribution in [1.82, 2.24) is 5.32 Å². The van der Waals surface area contributed by atoms with Crippen molar-refractivity contribution in [2.75, 3.05) is 13.2 Å². The number of hydrogen-bond donors (Lipinski definition) is 6. The standard InChI is InChI=1S/C68H133NO8/c1-3-5-7-9-11-13-15-17-19-21-22-23-24-25-26-27-28-29-30-31-32-33-34-35-36-37-38-39-40-42-44-46-48-50-52-54-56-58-64(72)69-61(60-76-68-67(75)66(74)65(73)63(59-70)77-68)62(71)57-55-53-51-49-47-45-43-41-20-18-16-14-12-10-8-6-4-2/h29-30,61-63,65-68,70-71,73-75H,3-28,31-60H2,1-2H3,(H,69,72)/b30-29-. The van der Waals surface area contributed by atoms with E-state index < -0.39 is 49.5 Å². The fraction of sp³-hybridized carbons (Fsp3) is 0.956. The van der Waals surface area contributed by atoms with Crippen molar-refractivity contribution < 1.29 is 39.8 Å². The molecule has 7 atom stereocenters. The number of unbranched alkanes of at least 4 members (excludes halogenated alkanes) is 49. The van der Waals surface area contributed by atoms with Crippen LogP contribution in [0.5, 0.6) is 0 Å². The topological polar surface area (TPSA) is 149 Å². The van der Waals surface area contributed by atoms with Crippen molar-refractivity contribution in [3.05, 3.63) is 12.2 Å². The zero-order valence-electron chi connectivity index (χ0n) is 51.3. The van der Waals surface area contributed by atoms with Gasteiger partial charge in [0.1, 0.15) is 24.4 Å². The molecule has 0 aromatic rings. The summed E-state index contributed by atoms with van der Waals surface area (Å²) in [5.41, 5.74) is 0. The summed E-state index contributed by atoms with van der Waals surface area (Å²) in [6, 6.07) is -0.716. The maximum absolute atomic E-state index is 13.1. The first-order valence-corrected chi connectivity index (χ1v) is 34.4. The fourth-order valence-electron chi connectivity index (χ4n) is 11.5. The predicted molar refractivity (Wildman–Crippen MR) is 327 cm³/mol. The van der Waals surface area contributed by atoms with Gasteiger partial charge in [-0.3, -0.25) is 4.79 Å². The molecule has 77 heavy (non-hydrogen) atoms. The summed E-state index contributed by atoms with van der Waals surface area (Å²) in [5.74, 6) is -0.136. The van der Waals surface area contributed by atoms with Crippen molar-refractivity contribution in [2.45, 2.75) is 403 Å². The van der Waals surface area contributed by atoms with Gasteiger partial charge >= 0.3 is 0 Å². The second-order valence-electron chi connectivity index (χ2n) is 24.3. The van der Waals surface area contributed by atoms with Gasteiger partial charge in [-0.25, -0.2) is 0 Å². The minimum Gasteiger partial charge on any atom is -0.394 e. The van der Waals surface area contributed by atoms with Crippen LogP contribution in [0.4, 0.5) is 0 Å². The minimum atomic E-state index is -1.55. The molecule has 0 aromatic heterocycles. The molecule has 9 heteroatoms. The van der Waals surface area contributed by atoms with E-state index in [1.54, 1.807) is 0 Å². The maximum Gasteiger partial charge on any atom is 0.220 e. The molecule has 0 aliphatic carbocycles. The predicted octanol–water partition coefficient (Wildman–Crippen LogP) is 18.3. The summed E-state index contributed by atoms with van der Waals surface area (Å²) in [6.07, 6.45) is 67.2. The molecule has 0 radical (unpaired) electrons. The number of rotatable bonds is 61. The number of aliphatic hydroxyl groups is 5. The van der Waals surface area contributed by atoms with Crippen molar-refractivity contribution in [3.63, 3.8) is 0 Å². The zero-order chi connectivity index (χ0) is 55.8. The van der Waals surface area contributed by atoms with Gasteiger partial charge in [0.05, 0.1) is 25.4 Å². The third-order valence-electron chi connectivity index (χ3n) is 16.9. The number of amides is 1. The Morgan fingerprint density at radius 2 is 0.727 bits per heavy atom. The highest BCUT2D eigenvalue weighted by atomic mass is 16.7. The molecule has 1 fully saturated rings. The summed E-state index contributed by atoms with van der Waals surface area (Å²) in [4.78, 5) is 13.1. The second-order valence-corrected chi connectivity index (χ2v) is 24.3. The van der Waals surface area contributed by atoms with E-state index in [-0.39, 0.29) is 12.5 Å². The van der Waals surface area contributed by atoms with E-state index >= 15 is 0 Å². The molecule has 1 saturated heterocycles. The average molecular weight is 1090 g/mol. The number of allylic oxidation sites excluding steroid dienone is 2. The zero-order valence-corrected chi connectivity index (χ0v) is 51.3. The SMILES string of the molecule is CCCCCCCCCCCCCCCCCC/C=C\CCCCCCCCCCCCCCCCCCCC(=O)NC(COC1OC(CO)C(O)C(O)C1O)C(O)CCCCCCCCCCCCCCCCCCC. The Balaban J connectivity index is 2.04. The van der Waals surface area contributed by atoms with Gasteiger partial charge in [0.15, 0.2) is 6.29 Å². The maximum atomic E-state index is 13.1. The summed E-state index contributed by atoms with van der Waals surface area (Å²) in [5, 5.41) is 54.8. The number of carbonyl (C=O) groups excluding carboxylic acids is 1. The highest BCUT2D eigenvalue weighted by Crippen LogP contribution is 2.24. The van der Waals surface area contributed by atoms with Crippen LogP contribution in [0.3, 0.4) is 0 Å². The molecular formula is C68H133NO8. The Morgan fingerprint density at radius 3 is 1.05 bits per heavy atom. The third kappa shape index (κ3) is 47.2. The fourth-order valence-corrected chi connectivity index (χ4v) is 11.5. The highest BCUT2D eigenvalue weighted by molar-refractivity contribution is 5.76. The Morgan fingerprint density at radius 1 is 0.429 bits per heavy atom. The van der Waals surface area contributed by atoms with Crippen LogP contribution in [-0.2, 0) is 14.3 Å². The Hall–Kier alpha value is -1.07. The van der Waals surface area contributed by atoms with E-state index in [9.17, 15) is 30.3 Å². The molecule has 458 valence electrons. The lowest BCUT2D eigenvalue weighted by Gasteiger charge is -2.40. The smallest absolute Gasteiger partial charge is 0.220 e. The lowest BCUT2D eigenvalue weighted by Crippen LogP contribution is -2.60. The lowest BCUT2D eigenvalue weighted by atomic mass is 9.99. The molecule has 0 bridgehead atoms. The first-order valence-electron chi connectivity index (χ1n) is 34.4. The van der Waals surface area contributed by atoms with E-state index in [1.807, 2.05) is 0 Å². The van der Waals surface area contributed by atoms with Crippen LogP contribution >= 0.6 is 0 Å². The molecular weight excluding hydrogens is 959 g/mol. The Kier molecular flexibility index (Phi) is 55.8. The number of carbonyl (C=O) groups is 1. The van der Waals surface area contributed by atoms with Crippen LogP contribution in [0, 0.1) is 0 Å². The number of aliphatic hydroxyl groups excluding tert-OH is 5. The van der Waals surface area contributed by atoms with Crippen LogP contribution in [0.2, 0.25) is 0 Å². The molecule has 1 heterocycles. The quantitative estimate of drug-likeness (QED) is 0.0261. The van der Waals surface area contributed by atoms with Gasteiger partial charge in [-0.1, -0.05) is 328 Å². The van der Waals surface area contributed by atoms with Gasteiger partial charge in [-0.2, -0.15) is 0 Å². The highest BCUT2D eigenvalue weighted by Gasteiger charge is 2.44. The monoisotopic (exact) mass is 1090 g/mol. The summed E-state index contributed by atoms with van der Waals surface area (Å²) >= 11 is 0. The molecule has 9 nitrogen and oxygen atoms in total. The van der Waals surface area contributed by atoms with Crippen LogP contribution in [-0.4, -0.2) is 87.5 Å². The Bertz CT molecular complexity index is 1220. The number of hydrogen-bond acceptors (Lipinski definition) is 8. The first-order chi connectivity index (χ1) is 37.8. The molecule has 1 amide bonds. The van der Waals surface area contributed by atoms with E-state index in [0.717, 1.165) is 38.5 Å². The van der Waals surface area contributed by atoms with Gasteiger partial charge in [-0.05, 0) is 38.5 Å². The first kappa shape index (κ1) is 73.9. The minimum absolute atomic E-state index is 0.132. The number of nitrogens with one attached hydrogen (secondary N) is 1. The number of ether oxygens (including phenoxy) is 2. The second kappa shape index (κ2) is 58.1. The molecule has 1 aliphatic heterocycles. The largest absolute Gasteiger partial charge is 0.394 e. The summed E-state index contributed by atoms with van der Waals surface area (Å²) < 4.78 is 11.3. The molecule has 1 rings (SSSR count). The van der Waals surface area contributed by atoms with Crippen LogP contribution in [0.15, 0.2) is 12.2 Å². The third-order valence-corrected chi connectivity index (χ3v) is 16.9.